The number of rotatable bonds is 11. The number of hydrogen-bond acceptors (Lipinski definition) is 4. The van der Waals surface area contributed by atoms with E-state index in [0.717, 1.165) is 38.8 Å². The minimum atomic E-state index is -0.0865. The highest BCUT2D eigenvalue weighted by Crippen LogP contribution is 2.40. The summed E-state index contributed by atoms with van der Waals surface area (Å²) in [5.74, 6) is 0.592. The fraction of sp³-hybridized carbons (Fsp3) is 0.625. The zero-order valence-corrected chi connectivity index (χ0v) is 20.3. The van der Waals surface area contributed by atoms with Crippen molar-refractivity contribution in [3.05, 3.63) is 40.5 Å². The fourth-order valence-electron chi connectivity index (χ4n) is 4.08. The van der Waals surface area contributed by atoms with Crippen LogP contribution in [0, 0.1) is 5.92 Å². The first kappa shape index (κ1) is 23.8. The van der Waals surface area contributed by atoms with Gasteiger partial charge in [-0.2, -0.15) is 0 Å². The number of nitrogens with one attached hydrogen (secondary N) is 2. The maximum atomic E-state index is 12.8. The van der Waals surface area contributed by atoms with Gasteiger partial charge in [-0.1, -0.05) is 13.8 Å². The molecule has 0 radical (unpaired) electrons. The van der Waals surface area contributed by atoms with Crippen LogP contribution in [0.4, 0.5) is 4.79 Å². The van der Waals surface area contributed by atoms with Crippen LogP contribution >= 0.6 is 11.3 Å². The topological polar surface area (TPSA) is 58.5 Å². The van der Waals surface area contributed by atoms with E-state index in [1.807, 2.05) is 18.3 Å². The zero-order chi connectivity index (χ0) is 22.2. The lowest BCUT2D eigenvalue weighted by Crippen LogP contribution is -2.39. The second kappa shape index (κ2) is 11.7. The Morgan fingerprint density at radius 3 is 2.74 bits per heavy atom. The van der Waals surface area contributed by atoms with Gasteiger partial charge in [0, 0.05) is 55.7 Å². The summed E-state index contributed by atoms with van der Waals surface area (Å²) < 4.78 is 7.58. The highest BCUT2D eigenvalue weighted by molar-refractivity contribution is 7.15. The maximum Gasteiger partial charge on any atom is 0.315 e. The number of thiophene rings is 1. The first-order chi connectivity index (χ1) is 15.0. The lowest BCUT2D eigenvalue weighted by molar-refractivity contribution is 0.145. The largest absolute Gasteiger partial charge is 0.382 e. The van der Waals surface area contributed by atoms with Crippen molar-refractivity contribution < 1.29 is 9.53 Å². The first-order valence-electron chi connectivity index (χ1n) is 11.6. The van der Waals surface area contributed by atoms with Gasteiger partial charge < -0.3 is 24.8 Å². The van der Waals surface area contributed by atoms with Crippen LogP contribution in [-0.4, -0.2) is 48.8 Å². The first-order valence-corrected chi connectivity index (χ1v) is 12.4. The van der Waals surface area contributed by atoms with E-state index in [1.54, 1.807) is 0 Å². The van der Waals surface area contributed by atoms with E-state index in [9.17, 15) is 4.79 Å². The molecule has 7 heteroatoms. The van der Waals surface area contributed by atoms with Gasteiger partial charge in [0.25, 0.3) is 0 Å². The predicted molar refractivity (Wildman–Crippen MR) is 128 cm³/mol. The Balaban J connectivity index is 1.83. The SMILES string of the molecule is CCOCCCNC(=O)NC(CCC(C)C)c1c(-n2cccc2)sc2c1CCN(C)C2. The van der Waals surface area contributed by atoms with E-state index in [2.05, 4.69) is 65.5 Å². The summed E-state index contributed by atoms with van der Waals surface area (Å²) in [6.45, 7) is 10.5. The fourth-order valence-corrected chi connectivity index (χ4v) is 5.54. The van der Waals surface area contributed by atoms with Gasteiger partial charge in [-0.25, -0.2) is 4.79 Å². The number of urea groups is 1. The van der Waals surface area contributed by atoms with Gasteiger partial charge in [-0.15, -0.1) is 11.3 Å². The number of hydrogen-bond donors (Lipinski definition) is 2. The number of ether oxygens (including phenoxy) is 1. The number of amides is 2. The Bertz CT molecular complexity index is 816. The van der Waals surface area contributed by atoms with Crippen molar-refractivity contribution in [3.8, 4) is 5.00 Å². The lowest BCUT2D eigenvalue weighted by atomic mass is 9.93. The average molecular weight is 447 g/mol. The third-order valence-electron chi connectivity index (χ3n) is 5.75. The molecule has 1 atom stereocenters. The summed E-state index contributed by atoms with van der Waals surface area (Å²) in [6.07, 6.45) is 8.10. The summed E-state index contributed by atoms with van der Waals surface area (Å²) >= 11 is 1.87. The van der Waals surface area contributed by atoms with Crippen LogP contribution < -0.4 is 10.6 Å². The van der Waals surface area contributed by atoms with Gasteiger partial charge in [0.05, 0.1) is 6.04 Å². The van der Waals surface area contributed by atoms with Crippen molar-refractivity contribution in [2.45, 2.75) is 59.0 Å². The van der Waals surface area contributed by atoms with Crippen LogP contribution in [0.2, 0.25) is 0 Å². The Kier molecular flexibility index (Phi) is 8.99. The van der Waals surface area contributed by atoms with Gasteiger partial charge in [-0.05, 0) is 63.3 Å². The highest BCUT2D eigenvalue weighted by Gasteiger charge is 2.29. The molecule has 0 spiro atoms. The zero-order valence-electron chi connectivity index (χ0n) is 19.4. The Hall–Kier alpha value is -1.83. The van der Waals surface area contributed by atoms with Crippen molar-refractivity contribution >= 4 is 17.4 Å². The smallest absolute Gasteiger partial charge is 0.315 e. The number of likely N-dealkylation sites (N-methyl/N-ethyl adjacent to an activating group) is 1. The maximum absolute atomic E-state index is 12.8. The van der Waals surface area contributed by atoms with Gasteiger partial charge >= 0.3 is 6.03 Å². The third kappa shape index (κ3) is 6.57. The minimum Gasteiger partial charge on any atom is -0.382 e. The molecule has 0 bridgehead atoms. The molecule has 3 heterocycles. The van der Waals surface area contributed by atoms with Crippen molar-refractivity contribution in [1.29, 1.82) is 0 Å². The molecule has 1 aliphatic heterocycles. The van der Waals surface area contributed by atoms with Crippen LogP contribution in [-0.2, 0) is 17.7 Å². The summed E-state index contributed by atoms with van der Waals surface area (Å²) in [6, 6.07) is 4.05. The Morgan fingerprint density at radius 1 is 1.26 bits per heavy atom. The molecule has 6 nitrogen and oxygen atoms in total. The summed E-state index contributed by atoms with van der Waals surface area (Å²) in [7, 11) is 2.18. The van der Waals surface area contributed by atoms with Gasteiger partial charge in [0.1, 0.15) is 5.00 Å². The van der Waals surface area contributed by atoms with Gasteiger partial charge in [0.2, 0.25) is 0 Å². The molecule has 2 amide bonds. The molecule has 0 saturated carbocycles. The van der Waals surface area contributed by atoms with E-state index >= 15 is 0 Å². The quantitative estimate of drug-likeness (QED) is 0.491. The summed E-state index contributed by atoms with van der Waals surface area (Å²) in [5.41, 5.74) is 2.76. The highest BCUT2D eigenvalue weighted by atomic mass is 32.1. The molecule has 31 heavy (non-hydrogen) atoms. The van der Waals surface area contributed by atoms with Crippen molar-refractivity contribution in [3.63, 3.8) is 0 Å². The average Bonchev–Trinajstić information content (AvgIpc) is 3.38. The Labute approximate surface area is 191 Å². The number of nitrogens with zero attached hydrogens (tertiary/aromatic N) is 2. The van der Waals surface area contributed by atoms with E-state index in [1.165, 1.54) is 21.0 Å². The monoisotopic (exact) mass is 446 g/mol. The van der Waals surface area contributed by atoms with Crippen LogP contribution in [0.1, 0.15) is 62.1 Å². The molecule has 1 aliphatic rings. The van der Waals surface area contributed by atoms with Gasteiger partial charge in [0.15, 0.2) is 0 Å². The molecule has 2 aromatic rings. The number of aromatic nitrogens is 1. The predicted octanol–water partition coefficient (Wildman–Crippen LogP) is 4.73. The molecule has 1 unspecified atom stereocenters. The molecule has 2 aromatic heterocycles. The molecular formula is C24H38N4O2S. The van der Waals surface area contributed by atoms with Crippen molar-refractivity contribution in [1.82, 2.24) is 20.1 Å². The van der Waals surface area contributed by atoms with Crippen LogP contribution in [0.15, 0.2) is 24.5 Å². The third-order valence-corrected chi connectivity index (χ3v) is 7.00. The van der Waals surface area contributed by atoms with Crippen molar-refractivity contribution in [2.24, 2.45) is 5.92 Å². The van der Waals surface area contributed by atoms with Gasteiger partial charge in [-0.3, -0.25) is 0 Å². The summed E-state index contributed by atoms with van der Waals surface area (Å²) in [4.78, 5) is 16.6. The normalized spacial score (nSPS) is 15.1. The second-order valence-electron chi connectivity index (χ2n) is 8.78. The van der Waals surface area contributed by atoms with E-state index in [0.29, 0.717) is 25.7 Å². The Morgan fingerprint density at radius 2 is 2.03 bits per heavy atom. The van der Waals surface area contributed by atoms with Crippen LogP contribution in [0.3, 0.4) is 0 Å². The lowest BCUT2D eigenvalue weighted by Gasteiger charge is -2.26. The van der Waals surface area contributed by atoms with Crippen LogP contribution in [0.5, 0.6) is 0 Å². The molecule has 0 fully saturated rings. The molecule has 2 N–H and O–H groups in total. The molecule has 3 rings (SSSR count). The molecule has 0 saturated heterocycles. The standard InChI is InChI=1S/C24H38N4O2S/c1-5-30-16-8-12-25-24(29)26-20(10-9-18(2)3)22-19-11-15-27(4)17-21(19)31-23(22)28-13-6-7-14-28/h6-7,13-14,18,20H,5,8-12,15-17H2,1-4H3,(H2,25,26,29). The number of fused-ring (bicyclic) bond motifs is 1. The van der Waals surface area contributed by atoms with E-state index in [-0.39, 0.29) is 12.1 Å². The molecule has 0 aromatic carbocycles. The van der Waals surface area contributed by atoms with Crippen molar-refractivity contribution in [2.75, 3.05) is 33.4 Å². The number of carbonyl (C=O) groups is 1. The van der Waals surface area contributed by atoms with E-state index < -0.39 is 0 Å². The minimum absolute atomic E-state index is 0.00935. The second-order valence-corrected chi connectivity index (χ2v) is 9.86. The molecular weight excluding hydrogens is 408 g/mol. The number of carbonyl (C=O) groups excluding carboxylic acids is 1. The van der Waals surface area contributed by atoms with Crippen LogP contribution in [0.25, 0.3) is 5.00 Å². The molecule has 0 aliphatic carbocycles. The molecule has 172 valence electrons. The summed E-state index contributed by atoms with van der Waals surface area (Å²) in [5, 5.41) is 7.59. The van der Waals surface area contributed by atoms with E-state index in [4.69, 9.17) is 4.74 Å².